The smallest absolute Gasteiger partial charge is 0.258 e. The molecule has 0 saturated carbocycles. The van der Waals surface area contributed by atoms with Crippen molar-refractivity contribution in [3.8, 4) is 0 Å². The highest BCUT2D eigenvalue weighted by atomic mass is 35.5. The van der Waals surface area contributed by atoms with Gasteiger partial charge in [0.05, 0.1) is 10.5 Å². The Bertz CT molecular complexity index is 778. The van der Waals surface area contributed by atoms with Gasteiger partial charge < -0.3 is 0 Å². The highest BCUT2D eigenvalue weighted by Crippen LogP contribution is 2.50. The van der Waals surface area contributed by atoms with E-state index in [-0.39, 0.29) is 11.3 Å². The van der Waals surface area contributed by atoms with Crippen molar-refractivity contribution in [3.05, 3.63) is 68.7 Å². The van der Waals surface area contributed by atoms with Crippen LogP contribution in [0.2, 0.25) is 5.02 Å². The first-order valence-corrected chi connectivity index (χ1v) is 9.47. The number of rotatable bonds is 6. The lowest BCUT2D eigenvalue weighted by Crippen LogP contribution is -2.07. The number of hydrogen-bond acceptors (Lipinski definition) is 7. The molecule has 0 atom stereocenters. The Morgan fingerprint density at radius 2 is 1.79 bits per heavy atom. The van der Waals surface area contributed by atoms with Crippen molar-refractivity contribution >= 4 is 42.5 Å². The minimum Gasteiger partial charge on any atom is -0.258 e. The molecule has 0 radical (unpaired) electrons. The number of halogens is 1. The van der Waals surface area contributed by atoms with Crippen molar-refractivity contribution in [2.75, 3.05) is 0 Å². The molecule has 0 amide bonds. The summed E-state index contributed by atoms with van der Waals surface area (Å²) in [6.45, 7) is 0. The first-order valence-electron chi connectivity index (χ1n) is 6.46. The molecule has 3 N–H and O–H groups in total. The molecule has 7 nitrogen and oxygen atoms in total. The van der Waals surface area contributed by atoms with E-state index in [1.54, 1.807) is 24.3 Å². The van der Waals surface area contributed by atoms with Gasteiger partial charge >= 0.3 is 13.5 Å². The van der Waals surface area contributed by atoms with Crippen molar-refractivity contribution in [3.63, 3.8) is 0 Å². The molecule has 0 bridgehead atoms. The van der Waals surface area contributed by atoms with E-state index in [2.05, 4.69) is 0 Å². The fourth-order valence-corrected chi connectivity index (χ4v) is 3.52. The number of hydrogen-bond donors (Lipinski definition) is 3. The van der Waals surface area contributed by atoms with Gasteiger partial charge in [0.1, 0.15) is 0 Å². The number of non-ortho nitro benzene ring substituents is 1. The monoisotopic (exact) mass is 388 g/mol. The van der Waals surface area contributed by atoms with E-state index in [1.807, 2.05) is 0 Å². The number of benzene rings is 2. The number of thioether (sulfide) groups is 1. The fraction of sp³-hybridized carbons (Fsp3) is 0.0714. The van der Waals surface area contributed by atoms with Crippen LogP contribution in [0.3, 0.4) is 0 Å². The molecular formula is C14H12ClNO6PS+. The Hall–Kier alpha value is -1.54. The topological polar surface area (TPSA) is 121 Å². The number of nitro benzene ring substituents is 1. The van der Waals surface area contributed by atoms with Gasteiger partial charge in [0, 0.05) is 27.8 Å². The summed E-state index contributed by atoms with van der Waals surface area (Å²) in [6.07, 6.45) is 0. The van der Waals surface area contributed by atoms with Crippen molar-refractivity contribution in [1.29, 1.82) is 0 Å². The molecule has 2 aromatic rings. The molecular weight excluding hydrogens is 377 g/mol. The van der Waals surface area contributed by atoms with Gasteiger partial charge in [-0.1, -0.05) is 23.7 Å². The average molecular weight is 389 g/mol. The highest BCUT2D eigenvalue weighted by molar-refractivity contribution is 7.98. The van der Waals surface area contributed by atoms with E-state index >= 15 is 0 Å². The van der Waals surface area contributed by atoms with Crippen LogP contribution in [0.4, 0.5) is 5.69 Å². The van der Waals surface area contributed by atoms with Crippen LogP contribution in [0.25, 0.3) is 0 Å². The molecule has 2 rings (SSSR count). The minimum absolute atomic E-state index is 0.294. The van der Waals surface area contributed by atoms with Crippen LogP contribution in [0, 0.1) is 10.1 Å². The Balaban J connectivity index is 2.32. The van der Waals surface area contributed by atoms with Crippen LogP contribution in [-0.2, 0) is 5.75 Å². The van der Waals surface area contributed by atoms with Crippen LogP contribution in [0.15, 0.2) is 47.4 Å². The van der Waals surface area contributed by atoms with Crippen molar-refractivity contribution in [2.24, 2.45) is 0 Å². The largest absolute Gasteiger partial charge is 0.483 e. The molecule has 0 aliphatic rings. The number of nitrogens with zero attached hydrogens (tertiary/aromatic N) is 1. The van der Waals surface area contributed by atoms with Gasteiger partial charge in [-0.15, -0.1) is 11.8 Å². The molecule has 24 heavy (non-hydrogen) atoms. The summed E-state index contributed by atoms with van der Waals surface area (Å²) >= 11 is 6.97. The second kappa shape index (κ2) is 7.57. The second-order valence-corrected chi connectivity index (χ2v) is 7.72. The maximum atomic E-state index is 12.0. The van der Waals surface area contributed by atoms with E-state index in [0.29, 0.717) is 15.7 Å². The number of carbonyl (C=O) groups is 1. The number of nitro groups is 1. The predicted octanol–water partition coefficient (Wildman–Crippen LogP) is 3.42. The summed E-state index contributed by atoms with van der Waals surface area (Å²) in [7, 11) is -4.80. The van der Waals surface area contributed by atoms with E-state index in [4.69, 9.17) is 11.6 Å². The molecule has 0 spiro atoms. The fourth-order valence-electron chi connectivity index (χ4n) is 1.83. The molecule has 2 aromatic carbocycles. The minimum atomic E-state index is -4.80. The van der Waals surface area contributed by atoms with Crippen LogP contribution >= 0.6 is 31.3 Å². The predicted molar refractivity (Wildman–Crippen MR) is 92.0 cm³/mol. The molecule has 0 saturated heterocycles. The van der Waals surface area contributed by atoms with Gasteiger partial charge in [-0.25, -0.2) is 4.79 Å². The summed E-state index contributed by atoms with van der Waals surface area (Å²) in [6, 6.07) is 10.4. The molecule has 0 aromatic heterocycles. The molecule has 10 heteroatoms. The summed E-state index contributed by atoms with van der Waals surface area (Å²) in [5.41, 5.74) is -1.13. The first-order chi connectivity index (χ1) is 11.2. The normalized spacial score (nSPS) is 11.3. The summed E-state index contributed by atoms with van der Waals surface area (Å²) in [5, 5.41) is 11.4. The lowest BCUT2D eigenvalue weighted by molar-refractivity contribution is -0.384. The standard InChI is InChI=1S/C14H12ClNO6PS/c15-10-3-1-9(2-4-10)8-24-13-6-5-11(16(18)19)7-12(13)14(17)23(20,21)22/h1-7,20-22H,8H2/q+1. The van der Waals surface area contributed by atoms with Gasteiger partial charge in [0.15, 0.2) is 0 Å². The van der Waals surface area contributed by atoms with Crippen molar-refractivity contribution in [2.45, 2.75) is 10.6 Å². The van der Waals surface area contributed by atoms with Crippen LogP contribution in [-0.4, -0.2) is 25.1 Å². The van der Waals surface area contributed by atoms with Gasteiger partial charge in [0.2, 0.25) is 0 Å². The Labute approximate surface area is 146 Å². The molecule has 0 fully saturated rings. The molecule has 0 unspecified atom stereocenters. The zero-order chi connectivity index (χ0) is 17.9. The lowest BCUT2D eigenvalue weighted by atomic mass is 10.2. The summed E-state index contributed by atoms with van der Waals surface area (Å²) in [5.74, 6) is 0.420. The third-order valence-corrected chi connectivity index (χ3v) is 5.17. The van der Waals surface area contributed by atoms with E-state index in [9.17, 15) is 29.6 Å². The lowest BCUT2D eigenvalue weighted by Gasteiger charge is -2.08. The molecule has 126 valence electrons. The van der Waals surface area contributed by atoms with E-state index in [1.165, 1.54) is 23.9 Å². The summed E-state index contributed by atoms with van der Waals surface area (Å²) in [4.78, 5) is 50.0. The zero-order valence-corrected chi connectivity index (χ0v) is 14.5. The summed E-state index contributed by atoms with van der Waals surface area (Å²) < 4.78 is 0. The van der Waals surface area contributed by atoms with E-state index < -0.39 is 18.4 Å². The van der Waals surface area contributed by atoms with Gasteiger partial charge in [-0.3, -0.25) is 10.1 Å². The van der Waals surface area contributed by atoms with Gasteiger partial charge in [-0.2, -0.15) is 14.7 Å². The maximum Gasteiger partial charge on any atom is 0.483 e. The second-order valence-electron chi connectivity index (χ2n) is 4.73. The van der Waals surface area contributed by atoms with Crippen LogP contribution in [0.1, 0.15) is 15.9 Å². The third kappa shape index (κ3) is 4.73. The van der Waals surface area contributed by atoms with Crippen LogP contribution in [0.5, 0.6) is 0 Å². The SMILES string of the molecule is O=C(c1cc([N+](=O)[O-])ccc1SCc1ccc(Cl)cc1)[P+](O)(O)O. The zero-order valence-electron chi connectivity index (χ0n) is 12.0. The highest BCUT2D eigenvalue weighted by Gasteiger charge is 2.45. The molecule has 0 aliphatic heterocycles. The first kappa shape index (κ1) is 18.8. The molecule has 0 heterocycles. The quantitative estimate of drug-likeness (QED) is 0.300. The average Bonchev–Trinajstić information content (AvgIpc) is 2.52. The Morgan fingerprint density at radius 1 is 1.17 bits per heavy atom. The van der Waals surface area contributed by atoms with Gasteiger partial charge in [0.25, 0.3) is 5.69 Å². The van der Waals surface area contributed by atoms with E-state index in [0.717, 1.165) is 11.6 Å². The third-order valence-electron chi connectivity index (χ3n) is 2.98. The van der Waals surface area contributed by atoms with Gasteiger partial charge in [-0.05, 0) is 23.8 Å². The molecule has 0 aliphatic carbocycles. The van der Waals surface area contributed by atoms with Crippen molar-refractivity contribution < 1.29 is 24.4 Å². The number of carbonyl (C=O) groups excluding carboxylic acids is 1. The maximum absolute atomic E-state index is 12.0. The Kier molecular flexibility index (Phi) is 5.92. The van der Waals surface area contributed by atoms with Crippen LogP contribution < -0.4 is 0 Å². The Morgan fingerprint density at radius 3 is 2.33 bits per heavy atom. The van der Waals surface area contributed by atoms with Crippen molar-refractivity contribution in [1.82, 2.24) is 0 Å².